The first-order valence-corrected chi connectivity index (χ1v) is 9.36. The predicted molar refractivity (Wildman–Crippen MR) is 89.6 cm³/mol. The van der Waals surface area contributed by atoms with Gasteiger partial charge in [0.2, 0.25) is 5.13 Å². The summed E-state index contributed by atoms with van der Waals surface area (Å²) >= 11 is 4.07. The summed E-state index contributed by atoms with van der Waals surface area (Å²) in [6.07, 6.45) is 1.01. The molecule has 9 heteroatoms. The minimum absolute atomic E-state index is 0.153. The molecule has 0 radical (unpaired) electrons. The van der Waals surface area contributed by atoms with Gasteiger partial charge in [0.1, 0.15) is 5.01 Å². The summed E-state index contributed by atoms with van der Waals surface area (Å²) in [7, 11) is 0. The maximum atomic E-state index is 12.2. The lowest BCUT2D eigenvalue weighted by atomic mass is 10.1. The van der Waals surface area contributed by atoms with E-state index in [0.717, 1.165) is 28.1 Å². The smallest absolute Gasteiger partial charge is 0.206 e. The Morgan fingerprint density at radius 1 is 1.55 bits per heavy atom. The maximum Gasteiger partial charge on any atom is 0.206 e. The molecule has 2 aromatic rings. The zero-order chi connectivity index (χ0) is 15.9. The van der Waals surface area contributed by atoms with Gasteiger partial charge < -0.3 is 5.32 Å². The molecule has 0 unspecified atom stereocenters. The number of thioether (sulfide) groups is 1. The number of nitrogens with zero attached hydrogens (tertiary/aromatic N) is 4. The number of hydrogen-bond donors (Lipinski definition) is 1. The van der Waals surface area contributed by atoms with Crippen molar-refractivity contribution in [2.75, 3.05) is 17.6 Å². The fourth-order valence-electron chi connectivity index (χ4n) is 1.56. The molecule has 0 spiro atoms. The lowest BCUT2D eigenvalue weighted by Crippen LogP contribution is -2.13. The van der Waals surface area contributed by atoms with Crippen LogP contribution in [-0.2, 0) is 4.79 Å². The van der Waals surface area contributed by atoms with E-state index in [2.05, 4.69) is 27.4 Å². The molecule has 1 N–H and O–H groups in total. The predicted octanol–water partition coefficient (Wildman–Crippen LogP) is 3.09. The average molecular weight is 353 g/mol. The van der Waals surface area contributed by atoms with E-state index in [-0.39, 0.29) is 11.5 Å². The van der Waals surface area contributed by atoms with E-state index in [0.29, 0.717) is 5.01 Å². The molecule has 0 amide bonds. The zero-order valence-electron chi connectivity index (χ0n) is 12.2. The third-order valence-corrected chi connectivity index (χ3v) is 5.67. The van der Waals surface area contributed by atoms with Crippen LogP contribution in [0.5, 0.6) is 0 Å². The monoisotopic (exact) mass is 353 g/mol. The van der Waals surface area contributed by atoms with Crippen molar-refractivity contribution in [3.05, 3.63) is 16.1 Å². The lowest BCUT2D eigenvalue weighted by molar-refractivity contribution is -0.116. The number of rotatable bonds is 8. The number of hydrogen-bond acceptors (Lipinski definition) is 9. The Morgan fingerprint density at radius 2 is 2.36 bits per heavy atom. The van der Waals surface area contributed by atoms with Crippen molar-refractivity contribution < 1.29 is 4.79 Å². The van der Waals surface area contributed by atoms with Crippen LogP contribution in [0.1, 0.15) is 30.0 Å². The molecule has 116 valence electrons. The fourth-order valence-corrected chi connectivity index (χ4v) is 4.10. The second-order valence-corrected chi connectivity index (χ2v) is 7.53. The third-order valence-electron chi connectivity index (χ3n) is 2.61. The van der Waals surface area contributed by atoms with Gasteiger partial charge in [-0.05, 0) is 13.3 Å². The van der Waals surface area contributed by atoms with Crippen molar-refractivity contribution in [1.82, 2.24) is 15.2 Å². The van der Waals surface area contributed by atoms with Gasteiger partial charge in [0.15, 0.2) is 16.0 Å². The van der Waals surface area contributed by atoms with Crippen LogP contribution >= 0.6 is 34.4 Å². The highest BCUT2D eigenvalue weighted by Crippen LogP contribution is 2.28. The SMILES string of the molecule is CCCNc1nnc(SCC(=O)[C@@H](C#N)c2nc(C)cs2)s1. The van der Waals surface area contributed by atoms with Crippen molar-refractivity contribution in [2.24, 2.45) is 0 Å². The Bertz CT molecular complexity index is 675. The van der Waals surface area contributed by atoms with E-state index in [1.54, 1.807) is 0 Å². The summed E-state index contributed by atoms with van der Waals surface area (Å²) in [5.74, 6) is -0.754. The van der Waals surface area contributed by atoms with Crippen molar-refractivity contribution in [3.63, 3.8) is 0 Å². The molecule has 0 bridgehead atoms. The van der Waals surface area contributed by atoms with E-state index in [1.165, 1.54) is 34.4 Å². The number of ketones is 1. The molecule has 2 rings (SSSR count). The largest absolute Gasteiger partial charge is 0.360 e. The van der Waals surface area contributed by atoms with Crippen LogP contribution in [0.4, 0.5) is 5.13 Å². The molecule has 22 heavy (non-hydrogen) atoms. The molecular formula is C13H15N5OS3. The standard InChI is InChI=1S/C13H15N5OS3/c1-3-4-15-12-17-18-13(22-12)21-7-10(19)9(5-14)11-16-8(2)6-20-11/h6,9H,3-4,7H2,1-2H3,(H,15,17)/t9-/m1/s1. The molecule has 1 atom stereocenters. The van der Waals surface area contributed by atoms with Gasteiger partial charge in [0.25, 0.3) is 0 Å². The molecule has 6 nitrogen and oxygen atoms in total. The topological polar surface area (TPSA) is 91.6 Å². The highest BCUT2D eigenvalue weighted by Gasteiger charge is 2.23. The highest BCUT2D eigenvalue weighted by molar-refractivity contribution is 8.01. The molecular weight excluding hydrogens is 338 g/mol. The van der Waals surface area contributed by atoms with Gasteiger partial charge in [-0.1, -0.05) is 30.0 Å². The van der Waals surface area contributed by atoms with Crippen LogP contribution in [0, 0.1) is 18.3 Å². The third kappa shape index (κ3) is 4.50. The highest BCUT2D eigenvalue weighted by atomic mass is 32.2. The maximum absolute atomic E-state index is 12.2. The van der Waals surface area contributed by atoms with Crippen LogP contribution in [0.2, 0.25) is 0 Å². The number of carbonyl (C=O) groups is 1. The minimum atomic E-state index is -0.795. The Kier molecular flexibility index (Phi) is 6.30. The molecule has 0 aliphatic heterocycles. The van der Waals surface area contributed by atoms with Crippen LogP contribution < -0.4 is 5.32 Å². The van der Waals surface area contributed by atoms with Gasteiger partial charge in [-0.25, -0.2) is 4.98 Å². The van der Waals surface area contributed by atoms with E-state index in [4.69, 9.17) is 0 Å². The summed E-state index contributed by atoms with van der Waals surface area (Å²) in [4.78, 5) is 16.4. The van der Waals surface area contributed by atoms with Crippen molar-refractivity contribution in [3.8, 4) is 6.07 Å². The Morgan fingerprint density at radius 3 is 3.00 bits per heavy atom. The van der Waals surface area contributed by atoms with E-state index < -0.39 is 5.92 Å². The van der Waals surface area contributed by atoms with E-state index in [9.17, 15) is 10.1 Å². The first-order chi connectivity index (χ1) is 10.6. The fraction of sp³-hybridized carbons (Fsp3) is 0.462. The summed E-state index contributed by atoms with van der Waals surface area (Å²) in [5.41, 5.74) is 0.830. The van der Waals surface area contributed by atoms with Gasteiger partial charge in [-0.2, -0.15) is 5.26 Å². The van der Waals surface area contributed by atoms with Crippen LogP contribution in [0.15, 0.2) is 9.72 Å². The average Bonchev–Trinajstić information content (AvgIpc) is 3.13. The molecule has 0 saturated carbocycles. The zero-order valence-corrected chi connectivity index (χ0v) is 14.6. The summed E-state index contributed by atoms with van der Waals surface area (Å²) in [6.45, 7) is 4.77. The summed E-state index contributed by atoms with van der Waals surface area (Å²) in [6, 6.07) is 2.04. The first kappa shape index (κ1) is 16.9. The Hall–Kier alpha value is -1.50. The van der Waals surface area contributed by atoms with Gasteiger partial charge >= 0.3 is 0 Å². The quantitative estimate of drug-likeness (QED) is 0.729. The second-order valence-electron chi connectivity index (χ2n) is 4.44. The van der Waals surface area contributed by atoms with Crippen LogP contribution in [0.25, 0.3) is 0 Å². The molecule has 2 heterocycles. The number of nitriles is 1. The molecule has 0 aliphatic rings. The number of aromatic nitrogens is 3. The first-order valence-electron chi connectivity index (χ1n) is 6.68. The summed E-state index contributed by atoms with van der Waals surface area (Å²) in [5, 5.41) is 23.6. The normalized spacial score (nSPS) is 11.9. The molecule has 0 aromatic carbocycles. The van der Waals surface area contributed by atoms with Crippen LogP contribution in [-0.4, -0.2) is 33.3 Å². The molecule has 0 saturated heterocycles. The lowest BCUT2D eigenvalue weighted by Gasteiger charge is -2.03. The van der Waals surface area contributed by atoms with E-state index in [1.807, 2.05) is 18.4 Å². The van der Waals surface area contributed by atoms with Crippen molar-refractivity contribution >= 4 is 45.4 Å². The van der Waals surface area contributed by atoms with Gasteiger partial charge in [-0.3, -0.25) is 4.79 Å². The van der Waals surface area contributed by atoms with Crippen LogP contribution in [0.3, 0.4) is 0 Å². The van der Waals surface area contributed by atoms with Crippen molar-refractivity contribution in [2.45, 2.75) is 30.5 Å². The molecule has 0 fully saturated rings. The molecule has 2 aromatic heterocycles. The number of thiazole rings is 1. The van der Waals surface area contributed by atoms with Gasteiger partial charge in [0, 0.05) is 17.6 Å². The number of aryl methyl sites for hydroxylation is 1. The number of nitrogens with one attached hydrogen (secondary N) is 1. The number of Topliss-reactive ketones (excluding diaryl/α,β-unsaturated/α-hetero) is 1. The molecule has 0 aliphatic carbocycles. The summed E-state index contributed by atoms with van der Waals surface area (Å²) < 4.78 is 0.721. The second kappa shape index (κ2) is 8.22. The Labute approximate surface area is 141 Å². The van der Waals surface area contributed by atoms with Gasteiger partial charge in [-0.15, -0.1) is 21.5 Å². The number of anilines is 1. The van der Waals surface area contributed by atoms with Gasteiger partial charge in [0.05, 0.1) is 11.8 Å². The van der Waals surface area contributed by atoms with Crippen molar-refractivity contribution in [1.29, 1.82) is 5.26 Å². The number of carbonyl (C=O) groups excluding carboxylic acids is 1. The van der Waals surface area contributed by atoms with E-state index >= 15 is 0 Å². The minimum Gasteiger partial charge on any atom is -0.360 e. The Balaban J connectivity index is 1.91.